The van der Waals surface area contributed by atoms with Gasteiger partial charge in [-0.3, -0.25) is 4.79 Å². The van der Waals surface area contributed by atoms with Crippen molar-refractivity contribution in [2.24, 2.45) is 0 Å². The van der Waals surface area contributed by atoms with Crippen molar-refractivity contribution in [1.82, 2.24) is 14.9 Å². The minimum atomic E-state index is 0.0756. The van der Waals surface area contributed by atoms with E-state index in [0.717, 1.165) is 31.7 Å². The fourth-order valence-corrected chi connectivity index (χ4v) is 4.04. The molecule has 2 aromatic heterocycles. The summed E-state index contributed by atoms with van der Waals surface area (Å²) in [6.07, 6.45) is 3.85. The van der Waals surface area contributed by atoms with Gasteiger partial charge in [-0.2, -0.15) is 0 Å². The Balaban J connectivity index is 1.55. The first-order valence-corrected chi connectivity index (χ1v) is 8.16. The van der Waals surface area contributed by atoms with Crippen LogP contribution in [0.15, 0.2) is 35.3 Å². The molecule has 2 aliphatic heterocycles. The smallest absolute Gasteiger partial charge is 0.273 e. The normalized spacial score (nSPS) is 24.4. The van der Waals surface area contributed by atoms with E-state index in [1.165, 1.54) is 11.3 Å². The van der Waals surface area contributed by atoms with E-state index in [-0.39, 0.29) is 5.91 Å². The average Bonchev–Trinajstić information content (AvgIpc) is 3.24. The van der Waals surface area contributed by atoms with Crippen LogP contribution in [-0.2, 0) is 0 Å². The van der Waals surface area contributed by atoms with Crippen LogP contribution in [0.1, 0.15) is 23.3 Å². The molecule has 21 heavy (non-hydrogen) atoms. The van der Waals surface area contributed by atoms with Gasteiger partial charge in [-0.25, -0.2) is 9.97 Å². The first-order valence-electron chi connectivity index (χ1n) is 7.21. The standard InChI is InChI=1S/C15H16N4OS/c20-15(11-9-21-10-17-11)19-8-5-12-13(19)4-7-18(12)14-3-1-2-6-16-14/h1-3,6,9-10,12-13H,4-5,7-8H2/t12-,13+/m0/s1. The van der Waals surface area contributed by atoms with Gasteiger partial charge in [0, 0.05) is 24.7 Å². The molecule has 5 nitrogen and oxygen atoms in total. The molecule has 0 unspecified atom stereocenters. The molecule has 2 atom stereocenters. The zero-order chi connectivity index (χ0) is 14.2. The number of likely N-dealkylation sites (tertiary alicyclic amines) is 1. The number of pyridine rings is 1. The third-order valence-corrected chi connectivity index (χ3v) is 5.02. The lowest BCUT2D eigenvalue weighted by Crippen LogP contribution is -2.40. The van der Waals surface area contributed by atoms with Crippen molar-refractivity contribution in [1.29, 1.82) is 0 Å². The number of amides is 1. The summed E-state index contributed by atoms with van der Waals surface area (Å²) in [7, 11) is 0. The van der Waals surface area contributed by atoms with Crippen LogP contribution in [0.5, 0.6) is 0 Å². The highest BCUT2D eigenvalue weighted by atomic mass is 32.1. The van der Waals surface area contributed by atoms with Crippen molar-refractivity contribution >= 4 is 23.1 Å². The van der Waals surface area contributed by atoms with Crippen molar-refractivity contribution < 1.29 is 4.79 Å². The zero-order valence-corrected chi connectivity index (χ0v) is 12.4. The summed E-state index contributed by atoms with van der Waals surface area (Å²) in [5, 5.41) is 1.83. The number of nitrogens with zero attached hydrogens (tertiary/aromatic N) is 4. The van der Waals surface area contributed by atoms with Crippen LogP contribution in [0, 0.1) is 0 Å². The molecule has 0 aliphatic carbocycles. The van der Waals surface area contributed by atoms with Crippen LogP contribution in [0.4, 0.5) is 5.82 Å². The largest absolute Gasteiger partial charge is 0.351 e. The molecule has 0 aromatic carbocycles. The summed E-state index contributed by atoms with van der Waals surface area (Å²) in [5.74, 6) is 1.10. The van der Waals surface area contributed by atoms with Crippen LogP contribution >= 0.6 is 11.3 Å². The van der Waals surface area contributed by atoms with Crippen molar-refractivity contribution in [3.05, 3.63) is 41.0 Å². The van der Waals surface area contributed by atoms with Gasteiger partial charge in [0.25, 0.3) is 5.91 Å². The molecule has 0 saturated carbocycles. The van der Waals surface area contributed by atoms with Crippen molar-refractivity contribution in [3.63, 3.8) is 0 Å². The summed E-state index contributed by atoms with van der Waals surface area (Å²) in [6, 6.07) is 6.68. The van der Waals surface area contributed by atoms with E-state index in [1.54, 1.807) is 5.51 Å². The van der Waals surface area contributed by atoms with Crippen LogP contribution in [0.3, 0.4) is 0 Å². The Labute approximate surface area is 127 Å². The predicted octanol–water partition coefficient (Wildman–Crippen LogP) is 2.03. The Morgan fingerprint density at radius 3 is 2.86 bits per heavy atom. The fourth-order valence-electron chi connectivity index (χ4n) is 3.51. The maximum Gasteiger partial charge on any atom is 0.273 e. The average molecular weight is 300 g/mol. The molecule has 6 heteroatoms. The molecule has 2 aromatic rings. The van der Waals surface area contributed by atoms with Crippen molar-refractivity contribution in [2.75, 3.05) is 18.0 Å². The Hall–Kier alpha value is -1.95. The maximum atomic E-state index is 12.5. The van der Waals surface area contributed by atoms with Crippen LogP contribution in [0.2, 0.25) is 0 Å². The summed E-state index contributed by atoms with van der Waals surface area (Å²) >= 11 is 1.47. The highest BCUT2D eigenvalue weighted by Gasteiger charge is 2.45. The van der Waals surface area contributed by atoms with E-state index in [9.17, 15) is 4.79 Å². The maximum absolute atomic E-state index is 12.5. The number of carbonyl (C=O) groups is 1. The van der Waals surface area contributed by atoms with E-state index in [2.05, 4.69) is 14.9 Å². The minimum absolute atomic E-state index is 0.0756. The molecule has 108 valence electrons. The Morgan fingerprint density at radius 1 is 1.19 bits per heavy atom. The highest BCUT2D eigenvalue weighted by molar-refractivity contribution is 7.07. The number of fused-ring (bicyclic) bond motifs is 1. The summed E-state index contributed by atoms with van der Waals surface area (Å²) < 4.78 is 0. The Kier molecular flexibility index (Phi) is 3.11. The van der Waals surface area contributed by atoms with E-state index in [4.69, 9.17) is 0 Å². The van der Waals surface area contributed by atoms with E-state index in [0.29, 0.717) is 17.8 Å². The quantitative estimate of drug-likeness (QED) is 0.851. The first kappa shape index (κ1) is 12.8. The number of carbonyl (C=O) groups excluding carboxylic acids is 1. The monoisotopic (exact) mass is 300 g/mol. The number of hydrogen-bond donors (Lipinski definition) is 0. The summed E-state index contributed by atoms with van der Waals surface area (Å²) in [5.41, 5.74) is 2.30. The van der Waals surface area contributed by atoms with E-state index in [1.807, 2.05) is 34.7 Å². The second-order valence-electron chi connectivity index (χ2n) is 5.47. The molecule has 2 fully saturated rings. The topological polar surface area (TPSA) is 49.3 Å². The van der Waals surface area contributed by atoms with Crippen LogP contribution < -0.4 is 4.90 Å². The van der Waals surface area contributed by atoms with Gasteiger partial charge in [0.1, 0.15) is 11.5 Å². The SMILES string of the molecule is O=C(c1cscn1)N1CC[C@H]2[C@H]1CCN2c1ccccn1. The van der Waals surface area contributed by atoms with Gasteiger partial charge >= 0.3 is 0 Å². The third-order valence-electron chi connectivity index (χ3n) is 4.43. The first-order chi connectivity index (χ1) is 10.3. The zero-order valence-electron chi connectivity index (χ0n) is 11.6. The predicted molar refractivity (Wildman–Crippen MR) is 81.5 cm³/mol. The second kappa shape index (κ2) is 5.11. The van der Waals surface area contributed by atoms with Crippen molar-refractivity contribution in [2.45, 2.75) is 24.9 Å². The van der Waals surface area contributed by atoms with Gasteiger partial charge in [-0.1, -0.05) is 6.07 Å². The van der Waals surface area contributed by atoms with Gasteiger partial charge in [0.15, 0.2) is 0 Å². The van der Waals surface area contributed by atoms with Crippen LogP contribution in [0.25, 0.3) is 0 Å². The Morgan fingerprint density at radius 2 is 2.10 bits per heavy atom. The van der Waals surface area contributed by atoms with Crippen molar-refractivity contribution in [3.8, 4) is 0 Å². The molecular formula is C15H16N4OS. The van der Waals surface area contributed by atoms with Gasteiger partial charge < -0.3 is 9.80 Å². The molecule has 0 spiro atoms. The van der Waals surface area contributed by atoms with Gasteiger partial charge in [-0.15, -0.1) is 11.3 Å². The molecule has 0 radical (unpaired) electrons. The van der Waals surface area contributed by atoms with Crippen LogP contribution in [-0.4, -0.2) is 45.9 Å². The number of aromatic nitrogens is 2. The lowest BCUT2D eigenvalue weighted by Gasteiger charge is -2.25. The number of hydrogen-bond acceptors (Lipinski definition) is 5. The molecule has 1 amide bonds. The molecule has 0 N–H and O–H groups in total. The number of rotatable bonds is 2. The van der Waals surface area contributed by atoms with E-state index < -0.39 is 0 Å². The molecule has 2 aliphatic rings. The lowest BCUT2D eigenvalue weighted by molar-refractivity contribution is 0.0732. The summed E-state index contributed by atoms with van der Waals surface area (Å²) in [6.45, 7) is 1.78. The van der Waals surface area contributed by atoms with Gasteiger partial charge in [0.2, 0.25) is 0 Å². The summed E-state index contributed by atoms with van der Waals surface area (Å²) in [4.78, 5) is 25.5. The molecule has 2 saturated heterocycles. The third kappa shape index (κ3) is 2.10. The highest BCUT2D eigenvalue weighted by Crippen LogP contribution is 2.34. The Bertz CT molecular complexity index is 630. The molecular weight excluding hydrogens is 284 g/mol. The second-order valence-corrected chi connectivity index (χ2v) is 6.18. The molecule has 4 heterocycles. The lowest BCUT2D eigenvalue weighted by atomic mass is 10.1. The minimum Gasteiger partial charge on any atom is -0.351 e. The van der Waals surface area contributed by atoms with Gasteiger partial charge in [0.05, 0.1) is 17.6 Å². The number of anilines is 1. The van der Waals surface area contributed by atoms with E-state index >= 15 is 0 Å². The molecule has 4 rings (SSSR count). The fraction of sp³-hybridized carbons (Fsp3) is 0.400. The number of thiazole rings is 1. The molecule has 0 bridgehead atoms. The van der Waals surface area contributed by atoms with Gasteiger partial charge in [-0.05, 0) is 25.0 Å².